The molecule has 0 saturated heterocycles. The summed E-state index contributed by atoms with van der Waals surface area (Å²) < 4.78 is 5.35. The van der Waals surface area contributed by atoms with Crippen molar-refractivity contribution in [1.82, 2.24) is 15.2 Å². The Hall–Kier alpha value is -3.22. The summed E-state index contributed by atoms with van der Waals surface area (Å²) in [6.07, 6.45) is 2.96. The smallest absolute Gasteiger partial charge is 0.412 e. The molecule has 3 aromatic rings. The van der Waals surface area contributed by atoms with Crippen LogP contribution in [0.3, 0.4) is 0 Å². The van der Waals surface area contributed by atoms with Gasteiger partial charge in [-0.3, -0.25) is 10.3 Å². The number of aromatic nitrogens is 3. The summed E-state index contributed by atoms with van der Waals surface area (Å²) in [6, 6.07) is 7.43. The number of hydrogen-bond acceptors (Lipinski definition) is 6. The van der Waals surface area contributed by atoms with Crippen LogP contribution in [-0.4, -0.2) is 26.9 Å². The number of benzene rings is 1. The Morgan fingerprint density at radius 2 is 1.96 bits per heavy atom. The summed E-state index contributed by atoms with van der Waals surface area (Å²) in [5, 5.41) is 11.6. The Labute approximate surface area is 151 Å². The molecule has 0 aliphatic heterocycles. The van der Waals surface area contributed by atoms with Crippen molar-refractivity contribution in [3.05, 3.63) is 42.2 Å². The van der Waals surface area contributed by atoms with Gasteiger partial charge in [0.2, 0.25) is 0 Å². The normalized spacial score (nSPS) is 11.4. The summed E-state index contributed by atoms with van der Waals surface area (Å²) in [7, 11) is 0. The number of fused-ring (bicyclic) bond motifs is 1. The van der Waals surface area contributed by atoms with Gasteiger partial charge in [0.15, 0.2) is 0 Å². The third-order valence-corrected chi connectivity index (χ3v) is 3.69. The largest absolute Gasteiger partial charge is 0.444 e. The fourth-order valence-corrected chi connectivity index (χ4v) is 2.61. The first-order valence-corrected chi connectivity index (χ1v) is 8.21. The van der Waals surface area contributed by atoms with Gasteiger partial charge in [0.25, 0.3) is 0 Å². The van der Waals surface area contributed by atoms with Crippen LogP contribution in [-0.2, 0) is 4.74 Å². The summed E-state index contributed by atoms with van der Waals surface area (Å²) in [6.45, 7) is 7.42. The van der Waals surface area contributed by atoms with E-state index >= 15 is 0 Å². The van der Waals surface area contributed by atoms with E-state index in [1.165, 1.54) is 0 Å². The highest BCUT2D eigenvalue weighted by Gasteiger charge is 2.18. The third-order valence-electron chi connectivity index (χ3n) is 3.69. The zero-order chi connectivity index (χ0) is 18.9. The Morgan fingerprint density at radius 3 is 2.65 bits per heavy atom. The SMILES string of the molecule is Cc1ccncc1-c1cc(NC(=O)OC(C)(C)C)c2nnc(N)cc2c1. The van der Waals surface area contributed by atoms with Crippen molar-refractivity contribution in [2.45, 2.75) is 33.3 Å². The monoisotopic (exact) mass is 351 g/mol. The summed E-state index contributed by atoms with van der Waals surface area (Å²) in [5.74, 6) is 0.306. The number of nitrogen functional groups attached to an aromatic ring is 1. The van der Waals surface area contributed by atoms with E-state index in [1.807, 2.05) is 25.1 Å². The van der Waals surface area contributed by atoms with Crippen LogP contribution < -0.4 is 11.1 Å². The van der Waals surface area contributed by atoms with Crippen LogP contribution in [0.4, 0.5) is 16.3 Å². The molecule has 3 N–H and O–H groups in total. The molecule has 1 amide bonds. The minimum Gasteiger partial charge on any atom is -0.444 e. The van der Waals surface area contributed by atoms with Crippen LogP contribution in [0.15, 0.2) is 36.7 Å². The minimum atomic E-state index is -0.604. The van der Waals surface area contributed by atoms with Gasteiger partial charge < -0.3 is 10.5 Å². The molecule has 0 unspecified atom stereocenters. The first kappa shape index (κ1) is 17.6. The van der Waals surface area contributed by atoms with Gasteiger partial charge in [-0.1, -0.05) is 0 Å². The molecule has 2 heterocycles. The summed E-state index contributed by atoms with van der Waals surface area (Å²) >= 11 is 0. The van der Waals surface area contributed by atoms with Crippen molar-refractivity contribution in [3.63, 3.8) is 0 Å². The zero-order valence-electron chi connectivity index (χ0n) is 15.2. The van der Waals surface area contributed by atoms with Crippen molar-refractivity contribution in [1.29, 1.82) is 0 Å². The highest BCUT2D eigenvalue weighted by atomic mass is 16.6. The van der Waals surface area contributed by atoms with E-state index in [0.29, 0.717) is 17.0 Å². The molecule has 0 bridgehead atoms. The second-order valence-electron chi connectivity index (χ2n) is 7.05. The number of pyridine rings is 1. The lowest BCUT2D eigenvalue weighted by molar-refractivity contribution is 0.0636. The molecule has 0 fully saturated rings. The maximum atomic E-state index is 12.2. The first-order valence-electron chi connectivity index (χ1n) is 8.21. The molecule has 0 spiro atoms. The predicted molar refractivity (Wildman–Crippen MR) is 102 cm³/mol. The number of rotatable bonds is 2. The van der Waals surface area contributed by atoms with E-state index in [1.54, 1.807) is 39.2 Å². The molecule has 0 aliphatic rings. The number of anilines is 2. The highest BCUT2D eigenvalue weighted by molar-refractivity contribution is 6.01. The number of nitrogens with two attached hydrogens (primary N) is 1. The fraction of sp³-hybridized carbons (Fsp3) is 0.263. The van der Waals surface area contributed by atoms with Gasteiger partial charge in [-0.15, -0.1) is 10.2 Å². The zero-order valence-corrected chi connectivity index (χ0v) is 15.2. The Bertz CT molecular complexity index is 979. The van der Waals surface area contributed by atoms with Crippen molar-refractivity contribution in [2.75, 3.05) is 11.1 Å². The molecular weight excluding hydrogens is 330 g/mol. The summed E-state index contributed by atoms with van der Waals surface area (Å²) in [4.78, 5) is 16.4. The number of carbonyl (C=O) groups is 1. The molecule has 7 nitrogen and oxygen atoms in total. The van der Waals surface area contributed by atoms with E-state index in [2.05, 4.69) is 20.5 Å². The number of hydrogen-bond donors (Lipinski definition) is 2. The quantitative estimate of drug-likeness (QED) is 0.725. The van der Waals surface area contributed by atoms with Gasteiger partial charge in [0.05, 0.1) is 5.69 Å². The lowest BCUT2D eigenvalue weighted by Gasteiger charge is -2.20. The molecule has 0 atom stereocenters. The van der Waals surface area contributed by atoms with Crippen molar-refractivity contribution in [3.8, 4) is 11.1 Å². The van der Waals surface area contributed by atoms with Crippen molar-refractivity contribution >= 4 is 28.5 Å². The second-order valence-corrected chi connectivity index (χ2v) is 7.05. The first-order chi connectivity index (χ1) is 12.2. The maximum Gasteiger partial charge on any atom is 0.412 e. The minimum absolute atomic E-state index is 0.306. The topological polar surface area (TPSA) is 103 Å². The maximum absolute atomic E-state index is 12.2. The van der Waals surface area contributed by atoms with E-state index in [0.717, 1.165) is 22.1 Å². The number of nitrogens with one attached hydrogen (secondary N) is 1. The molecule has 0 aliphatic carbocycles. The third kappa shape index (κ3) is 3.88. The molecule has 7 heteroatoms. The van der Waals surface area contributed by atoms with Crippen molar-refractivity contribution in [2.24, 2.45) is 0 Å². The Morgan fingerprint density at radius 1 is 1.19 bits per heavy atom. The fourth-order valence-electron chi connectivity index (χ4n) is 2.61. The summed E-state index contributed by atoms with van der Waals surface area (Å²) in [5.41, 5.74) is 9.13. The number of aryl methyl sites for hydroxylation is 1. The molecule has 134 valence electrons. The van der Waals surface area contributed by atoms with Crippen molar-refractivity contribution < 1.29 is 9.53 Å². The van der Waals surface area contributed by atoms with E-state index in [4.69, 9.17) is 10.5 Å². The Balaban J connectivity index is 2.11. The Kier molecular flexibility index (Phi) is 4.46. The molecule has 3 rings (SSSR count). The van der Waals surface area contributed by atoms with Crippen LogP contribution in [0.25, 0.3) is 22.0 Å². The lowest BCUT2D eigenvalue weighted by Crippen LogP contribution is -2.27. The molecule has 0 saturated carbocycles. The molecular formula is C19H21N5O2. The van der Waals surface area contributed by atoms with Gasteiger partial charge in [-0.2, -0.15) is 0 Å². The predicted octanol–water partition coefficient (Wildman–Crippen LogP) is 3.93. The number of nitrogens with zero attached hydrogens (tertiary/aromatic N) is 3. The standard InChI is InChI=1S/C19H21N5O2/c1-11-5-6-21-10-14(11)12-7-13-9-16(20)23-24-17(13)15(8-12)22-18(25)26-19(2,3)4/h5-10H,1-4H3,(H2,20,23)(H,22,25). The second kappa shape index (κ2) is 6.59. The molecule has 0 radical (unpaired) electrons. The van der Waals surface area contributed by atoms with E-state index < -0.39 is 11.7 Å². The molecule has 26 heavy (non-hydrogen) atoms. The lowest BCUT2D eigenvalue weighted by atomic mass is 10.00. The van der Waals surface area contributed by atoms with E-state index in [-0.39, 0.29) is 0 Å². The molecule has 1 aromatic carbocycles. The van der Waals surface area contributed by atoms with Gasteiger partial charge in [0, 0.05) is 23.3 Å². The number of carbonyl (C=O) groups excluding carboxylic acids is 1. The van der Waals surface area contributed by atoms with E-state index in [9.17, 15) is 4.79 Å². The van der Waals surface area contributed by atoms with Gasteiger partial charge in [-0.05, 0) is 63.1 Å². The highest BCUT2D eigenvalue weighted by Crippen LogP contribution is 2.31. The average molecular weight is 351 g/mol. The van der Waals surface area contributed by atoms with Crippen LogP contribution >= 0.6 is 0 Å². The van der Waals surface area contributed by atoms with Gasteiger partial charge >= 0.3 is 6.09 Å². The van der Waals surface area contributed by atoms with Gasteiger partial charge in [-0.25, -0.2) is 4.79 Å². The number of ether oxygens (including phenoxy) is 1. The van der Waals surface area contributed by atoms with Crippen LogP contribution in [0.5, 0.6) is 0 Å². The van der Waals surface area contributed by atoms with Crippen LogP contribution in [0.2, 0.25) is 0 Å². The average Bonchev–Trinajstić information content (AvgIpc) is 2.52. The molecule has 2 aromatic heterocycles. The van der Waals surface area contributed by atoms with Crippen LogP contribution in [0.1, 0.15) is 26.3 Å². The number of amides is 1. The van der Waals surface area contributed by atoms with Gasteiger partial charge in [0.1, 0.15) is 16.9 Å². The van der Waals surface area contributed by atoms with Crippen LogP contribution in [0, 0.1) is 6.92 Å².